The molecule has 0 rings (SSSR count). The number of unbranched alkanes of at least 4 members (excludes halogenated alkanes) is 6. The van der Waals surface area contributed by atoms with E-state index in [-0.39, 0.29) is 38.0 Å². The summed E-state index contributed by atoms with van der Waals surface area (Å²) in [5, 5.41) is 0. The molecular weight excluding hydrogens is 709 g/mol. The van der Waals surface area contributed by atoms with E-state index in [0.717, 1.165) is 109 Å². The summed E-state index contributed by atoms with van der Waals surface area (Å²) >= 11 is 0. The van der Waals surface area contributed by atoms with Crippen molar-refractivity contribution < 1.29 is 28.6 Å². The summed E-state index contributed by atoms with van der Waals surface area (Å²) in [5.41, 5.74) is 0. The van der Waals surface area contributed by atoms with Crippen molar-refractivity contribution in [1.82, 2.24) is 0 Å². The van der Waals surface area contributed by atoms with Crippen molar-refractivity contribution in [1.29, 1.82) is 0 Å². The highest BCUT2D eigenvalue weighted by Gasteiger charge is 2.19. The predicted octanol–water partition coefficient (Wildman–Crippen LogP) is 14.2. The van der Waals surface area contributed by atoms with Gasteiger partial charge in [0.2, 0.25) is 0 Å². The second-order valence-corrected chi connectivity index (χ2v) is 13.8. The molecule has 6 nitrogen and oxygen atoms in total. The van der Waals surface area contributed by atoms with E-state index in [4.69, 9.17) is 14.2 Å². The fourth-order valence-electron chi connectivity index (χ4n) is 5.22. The van der Waals surface area contributed by atoms with E-state index < -0.39 is 12.1 Å². The van der Waals surface area contributed by atoms with Crippen LogP contribution in [0.2, 0.25) is 0 Å². The van der Waals surface area contributed by atoms with Gasteiger partial charge in [-0.2, -0.15) is 0 Å². The number of rotatable bonds is 37. The third-order valence-electron chi connectivity index (χ3n) is 8.46. The van der Waals surface area contributed by atoms with Crippen LogP contribution in [0.25, 0.3) is 0 Å². The maximum Gasteiger partial charge on any atom is 0.306 e. The van der Waals surface area contributed by atoms with Crippen LogP contribution < -0.4 is 0 Å². The van der Waals surface area contributed by atoms with E-state index in [2.05, 4.69) is 142 Å². The molecular formula is C51H78O6. The van der Waals surface area contributed by atoms with Crippen molar-refractivity contribution in [2.24, 2.45) is 0 Å². The molecule has 0 aliphatic carbocycles. The summed E-state index contributed by atoms with van der Waals surface area (Å²) in [7, 11) is 0. The molecule has 0 spiro atoms. The molecule has 0 radical (unpaired) electrons. The first-order chi connectivity index (χ1) is 28.0. The lowest BCUT2D eigenvalue weighted by atomic mass is 10.1. The molecule has 57 heavy (non-hydrogen) atoms. The Morgan fingerprint density at radius 1 is 0.368 bits per heavy atom. The number of ether oxygens (including phenoxy) is 3. The molecule has 0 heterocycles. The average Bonchev–Trinajstić information content (AvgIpc) is 3.21. The maximum absolute atomic E-state index is 12.6. The molecule has 0 aliphatic rings. The highest BCUT2D eigenvalue weighted by Crippen LogP contribution is 2.09. The number of esters is 3. The second-order valence-electron chi connectivity index (χ2n) is 13.8. The standard InChI is InChI=1S/C51H78O6/c1-4-7-10-13-15-17-19-21-23-25-27-29-31-33-35-38-41-44-50(53)56-47-48(46-55-49(52)43-40-37-12-9-6-3)57-51(54)45-42-39-36-34-32-30-28-26-24-22-20-18-16-14-11-8-5-2/h7-8,10-11,15-18,21-24,27-30,33-36,48H,4-6,9,12-14,19-20,25-26,31-32,37-47H2,1-3H3/b10-7-,11-8-,17-15-,18-16-,23-21-,24-22-,29-27-,30-28-,35-33-,36-34-. The molecule has 0 amide bonds. The SMILES string of the molecule is CC/C=C\C/C=C\C/C=C\C/C=C\C/C=C\CCCC(=O)OCC(COC(=O)CCCCCCC)OC(=O)CCC/C=C\C/C=C\C/C=C\C/C=C\C/C=C\CC. The van der Waals surface area contributed by atoms with Gasteiger partial charge in [0.1, 0.15) is 13.2 Å². The van der Waals surface area contributed by atoms with Crippen LogP contribution in [-0.2, 0) is 28.6 Å². The van der Waals surface area contributed by atoms with E-state index in [1.807, 2.05) is 0 Å². The largest absolute Gasteiger partial charge is 0.462 e. The Balaban J connectivity index is 4.47. The van der Waals surface area contributed by atoms with Crippen molar-refractivity contribution in [2.75, 3.05) is 13.2 Å². The smallest absolute Gasteiger partial charge is 0.306 e. The minimum atomic E-state index is -0.829. The molecule has 318 valence electrons. The quantitative estimate of drug-likeness (QED) is 0.0270. The Morgan fingerprint density at radius 3 is 1.05 bits per heavy atom. The Labute approximate surface area is 348 Å². The van der Waals surface area contributed by atoms with Gasteiger partial charge in [0, 0.05) is 19.3 Å². The summed E-state index contributed by atoms with van der Waals surface area (Å²) < 4.78 is 16.5. The molecule has 0 bridgehead atoms. The first-order valence-electron chi connectivity index (χ1n) is 22.0. The molecule has 1 atom stereocenters. The van der Waals surface area contributed by atoms with E-state index in [9.17, 15) is 14.4 Å². The normalized spacial score (nSPS) is 13.2. The Kier molecular flexibility index (Phi) is 41.3. The third-order valence-corrected chi connectivity index (χ3v) is 8.46. The van der Waals surface area contributed by atoms with E-state index in [1.165, 1.54) is 0 Å². The maximum atomic E-state index is 12.6. The van der Waals surface area contributed by atoms with Gasteiger partial charge in [-0.15, -0.1) is 0 Å². The first-order valence-corrected chi connectivity index (χ1v) is 22.0. The molecule has 0 saturated heterocycles. The van der Waals surface area contributed by atoms with Crippen molar-refractivity contribution in [3.63, 3.8) is 0 Å². The van der Waals surface area contributed by atoms with Crippen LogP contribution >= 0.6 is 0 Å². The Hall–Kier alpha value is -4.19. The van der Waals surface area contributed by atoms with Crippen LogP contribution in [-0.4, -0.2) is 37.2 Å². The number of carbonyl (C=O) groups is 3. The van der Waals surface area contributed by atoms with E-state index >= 15 is 0 Å². The van der Waals surface area contributed by atoms with Gasteiger partial charge in [-0.1, -0.05) is 168 Å². The molecule has 6 heteroatoms. The summed E-state index contributed by atoms with van der Waals surface area (Å²) in [4.78, 5) is 37.4. The fourth-order valence-corrected chi connectivity index (χ4v) is 5.22. The predicted molar refractivity (Wildman–Crippen MR) is 242 cm³/mol. The zero-order valence-corrected chi connectivity index (χ0v) is 36.0. The Morgan fingerprint density at radius 2 is 0.684 bits per heavy atom. The number of hydrogen-bond donors (Lipinski definition) is 0. The zero-order valence-electron chi connectivity index (χ0n) is 36.0. The lowest BCUT2D eigenvalue weighted by Crippen LogP contribution is -2.30. The summed E-state index contributed by atoms with van der Waals surface area (Å²) in [6.07, 6.45) is 60.8. The second kappa shape index (κ2) is 44.5. The van der Waals surface area contributed by atoms with Gasteiger partial charge in [-0.25, -0.2) is 0 Å². The van der Waals surface area contributed by atoms with Gasteiger partial charge in [0.05, 0.1) is 0 Å². The van der Waals surface area contributed by atoms with E-state index in [0.29, 0.717) is 19.3 Å². The molecule has 0 aliphatic heterocycles. The molecule has 0 N–H and O–H groups in total. The lowest BCUT2D eigenvalue weighted by molar-refractivity contribution is -0.167. The third kappa shape index (κ3) is 42.8. The number of carbonyl (C=O) groups excluding carboxylic acids is 3. The Bertz CT molecular complexity index is 1270. The zero-order chi connectivity index (χ0) is 41.5. The van der Waals surface area contributed by atoms with Gasteiger partial charge in [0.15, 0.2) is 6.10 Å². The van der Waals surface area contributed by atoms with Crippen molar-refractivity contribution in [2.45, 2.75) is 168 Å². The van der Waals surface area contributed by atoms with Crippen LogP contribution in [0.4, 0.5) is 0 Å². The van der Waals surface area contributed by atoms with Gasteiger partial charge < -0.3 is 14.2 Å². The van der Waals surface area contributed by atoms with Gasteiger partial charge in [-0.3, -0.25) is 14.4 Å². The summed E-state index contributed by atoms with van der Waals surface area (Å²) in [5.74, 6) is -1.07. The molecule has 0 aromatic rings. The summed E-state index contributed by atoms with van der Waals surface area (Å²) in [6, 6.07) is 0. The van der Waals surface area contributed by atoms with Crippen LogP contribution in [0, 0.1) is 0 Å². The minimum absolute atomic E-state index is 0.123. The molecule has 0 aromatic carbocycles. The summed E-state index contributed by atoms with van der Waals surface area (Å²) in [6.45, 7) is 6.18. The minimum Gasteiger partial charge on any atom is -0.462 e. The molecule has 0 saturated carbocycles. The average molecular weight is 787 g/mol. The van der Waals surface area contributed by atoms with Gasteiger partial charge >= 0.3 is 17.9 Å². The van der Waals surface area contributed by atoms with Crippen molar-refractivity contribution >= 4 is 17.9 Å². The number of hydrogen-bond acceptors (Lipinski definition) is 6. The number of allylic oxidation sites excluding steroid dienone is 20. The van der Waals surface area contributed by atoms with Gasteiger partial charge in [0.25, 0.3) is 0 Å². The van der Waals surface area contributed by atoms with Crippen molar-refractivity contribution in [3.05, 3.63) is 122 Å². The lowest BCUT2D eigenvalue weighted by Gasteiger charge is -2.18. The van der Waals surface area contributed by atoms with Crippen LogP contribution in [0.3, 0.4) is 0 Å². The van der Waals surface area contributed by atoms with Gasteiger partial charge in [-0.05, 0) is 96.3 Å². The van der Waals surface area contributed by atoms with Crippen LogP contribution in [0.15, 0.2) is 122 Å². The molecule has 0 fully saturated rings. The molecule has 0 aromatic heterocycles. The first kappa shape index (κ1) is 52.8. The van der Waals surface area contributed by atoms with Crippen LogP contribution in [0.1, 0.15) is 162 Å². The highest BCUT2D eigenvalue weighted by atomic mass is 16.6. The van der Waals surface area contributed by atoms with Crippen LogP contribution in [0.5, 0.6) is 0 Å². The molecule has 1 unspecified atom stereocenters. The highest BCUT2D eigenvalue weighted by molar-refractivity contribution is 5.71. The topological polar surface area (TPSA) is 78.9 Å². The fraction of sp³-hybridized carbons (Fsp3) is 0.549. The van der Waals surface area contributed by atoms with Crippen molar-refractivity contribution in [3.8, 4) is 0 Å². The monoisotopic (exact) mass is 787 g/mol. The van der Waals surface area contributed by atoms with E-state index in [1.54, 1.807) is 0 Å².